The topological polar surface area (TPSA) is 102 Å². The van der Waals surface area contributed by atoms with E-state index in [9.17, 15) is 10.2 Å². The first-order valence-electron chi connectivity index (χ1n) is 19.5. The molecule has 7 nitrogen and oxygen atoms in total. The first-order chi connectivity index (χ1) is 26.3. The smallest absolute Gasteiger partial charge is 0.238 e. The molecule has 0 aromatic heterocycles. The number of hydrogen-bond donors (Lipinski definition) is 4. The maximum Gasteiger partial charge on any atom is 0.238 e. The van der Waals surface area contributed by atoms with E-state index in [-0.39, 0.29) is 28.3 Å². The summed E-state index contributed by atoms with van der Waals surface area (Å²) in [5.74, 6) is -2.14. The number of halogens is 3. The monoisotopic (exact) mass is 783 g/mol. The van der Waals surface area contributed by atoms with Gasteiger partial charge in [-0.1, -0.05) is 104 Å². The van der Waals surface area contributed by atoms with Crippen molar-refractivity contribution < 1.29 is 24.2 Å². The Bertz CT molecular complexity index is 2040. The molecule has 4 aromatic rings. The number of carbonyl (C=O) groups excluding carboxylic acids is 2. The van der Waals surface area contributed by atoms with Crippen molar-refractivity contribution in [3.05, 3.63) is 135 Å². The Morgan fingerprint density at radius 3 is 2.13 bits per heavy atom. The number of likely N-dealkylation sites (tertiary alicyclic amines) is 1. The lowest BCUT2D eigenvalue weighted by molar-refractivity contribution is -0.137. The molecule has 288 valence electrons. The normalized spacial score (nSPS) is 28.1. The van der Waals surface area contributed by atoms with Crippen molar-refractivity contribution in [1.82, 2.24) is 10.2 Å². The quantitative estimate of drug-likeness (QED) is 0.150. The number of amides is 2. The summed E-state index contributed by atoms with van der Waals surface area (Å²) in [6.07, 6.45) is 3.24. The largest absolute Gasteiger partial charge is 0.393 e. The van der Waals surface area contributed by atoms with Crippen molar-refractivity contribution in [3.8, 4) is 0 Å². The zero-order chi connectivity index (χ0) is 38.7. The lowest BCUT2D eigenvalue weighted by Gasteiger charge is -2.56. The zero-order valence-electron chi connectivity index (χ0n) is 31.2. The molecule has 3 fully saturated rings. The van der Waals surface area contributed by atoms with E-state index in [4.69, 9.17) is 23.2 Å². The molecule has 2 spiro atoms. The molecule has 1 unspecified atom stereocenters. The molecule has 2 saturated carbocycles. The van der Waals surface area contributed by atoms with Gasteiger partial charge < -0.3 is 20.8 Å². The third kappa shape index (κ3) is 6.48. The summed E-state index contributed by atoms with van der Waals surface area (Å²) in [6.45, 7) is 4.46. The van der Waals surface area contributed by atoms with Crippen molar-refractivity contribution in [2.45, 2.75) is 112 Å². The van der Waals surface area contributed by atoms with Crippen LogP contribution in [0.5, 0.6) is 0 Å². The number of aliphatic hydroxyl groups excluding tert-OH is 2. The van der Waals surface area contributed by atoms with Crippen LogP contribution in [-0.2, 0) is 15.0 Å². The van der Waals surface area contributed by atoms with E-state index in [0.29, 0.717) is 65.9 Å². The third-order valence-corrected chi connectivity index (χ3v) is 13.6. The predicted octanol–water partition coefficient (Wildman–Crippen LogP) is 9.02. The summed E-state index contributed by atoms with van der Waals surface area (Å²) >= 11 is 13.3. The summed E-state index contributed by atoms with van der Waals surface area (Å²) in [4.78, 5) is 33.4. The molecule has 8 rings (SSSR count). The minimum absolute atomic E-state index is 0.0722. The van der Waals surface area contributed by atoms with Gasteiger partial charge in [-0.05, 0) is 109 Å². The highest BCUT2D eigenvalue weighted by atomic mass is 35.5. The van der Waals surface area contributed by atoms with Crippen LogP contribution in [0, 0.1) is 11.2 Å². The lowest BCUT2D eigenvalue weighted by atomic mass is 9.53. The molecule has 5 atom stereocenters. The minimum Gasteiger partial charge on any atom is -0.393 e. The van der Waals surface area contributed by atoms with Gasteiger partial charge in [0.15, 0.2) is 0 Å². The summed E-state index contributed by atoms with van der Waals surface area (Å²) in [6, 6.07) is 26.8. The minimum atomic E-state index is -1.45. The number of aliphatic hydroxyl groups is 2. The molecule has 55 heavy (non-hydrogen) atoms. The van der Waals surface area contributed by atoms with Crippen LogP contribution in [0.1, 0.15) is 106 Å². The second kappa shape index (κ2) is 14.6. The van der Waals surface area contributed by atoms with Crippen molar-refractivity contribution in [1.29, 1.82) is 0 Å². The molecule has 4 aromatic carbocycles. The molecular weight excluding hydrogens is 736 g/mol. The highest BCUT2D eigenvalue weighted by Crippen LogP contribution is 2.69. The Morgan fingerprint density at radius 2 is 1.49 bits per heavy atom. The second-order valence-electron chi connectivity index (χ2n) is 16.9. The Balaban J connectivity index is 1.47. The fourth-order valence-corrected chi connectivity index (χ4v) is 11.0. The summed E-state index contributed by atoms with van der Waals surface area (Å²) < 4.78 is 15.8. The van der Waals surface area contributed by atoms with Gasteiger partial charge in [0, 0.05) is 33.2 Å². The average molecular weight is 785 g/mol. The molecule has 2 aliphatic carbocycles. The molecule has 4 N–H and O–H groups in total. The van der Waals surface area contributed by atoms with E-state index in [1.165, 1.54) is 12.1 Å². The van der Waals surface area contributed by atoms with Crippen molar-refractivity contribution in [2.24, 2.45) is 5.41 Å². The van der Waals surface area contributed by atoms with E-state index in [1.807, 2.05) is 66.7 Å². The standard InChI is InChI=1S/C45H48Cl2FN3O4/c1-43(2)19-21-44(22-20-43)45(35-18-13-30(46)26-36(35)50-42(45)55)37(29-23-31(47)25-32(48)24-29)39(41(54)49-33-14-16-34(52)17-15-33)51(44)38(27-9-5-3-6-10-27)40(53)28-11-7-4-8-12-28/h3-13,18,23-26,33-34,37-40,52-53H,14-17,19-22H2,1-2H3,(H,49,54)(H,50,55)/t33-,34-,37-,38+,39+,40-,45?/m0/s1. The van der Waals surface area contributed by atoms with E-state index >= 15 is 14.0 Å². The number of nitrogens with one attached hydrogen (secondary N) is 2. The van der Waals surface area contributed by atoms with Crippen LogP contribution in [0.3, 0.4) is 0 Å². The van der Waals surface area contributed by atoms with Gasteiger partial charge in [-0.2, -0.15) is 0 Å². The van der Waals surface area contributed by atoms with Crippen LogP contribution in [0.25, 0.3) is 0 Å². The first kappa shape index (κ1) is 38.1. The maximum atomic E-state index is 15.8. The van der Waals surface area contributed by atoms with E-state index in [2.05, 4.69) is 29.4 Å². The van der Waals surface area contributed by atoms with Gasteiger partial charge in [-0.3, -0.25) is 14.5 Å². The molecule has 2 amide bonds. The Kier molecular flexibility index (Phi) is 10.1. The molecule has 1 saturated heterocycles. The summed E-state index contributed by atoms with van der Waals surface area (Å²) in [7, 11) is 0. The van der Waals surface area contributed by atoms with E-state index in [0.717, 1.165) is 18.4 Å². The molecule has 2 heterocycles. The van der Waals surface area contributed by atoms with Crippen LogP contribution in [0.15, 0.2) is 97.1 Å². The summed E-state index contributed by atoms with van der Waals surface area (Å²) in [5.41, 5.74) is 0.518. The number of hydrogen-bond acceptors (Lipinski definition) is 5. The fraction of sp³-hybridized carbons (Fsp3) is 0.422. The van der Waals surface area contributed by atoms with Gasteiger partial charge in [-0.25, -0.2) is 4.39 Å². The number of anilines is 1. The van der Waals surface area contributed by atoms with Gasteiger partial charge in [0.05, 0.1) is 24.3 Å². The average Bonchev–Trinajstić information content (AvgIpc) is 3.59. The Labute approximate surface area is 332 Å². The number of benzene rings is 4. The van der Waals surface area contributed by atoms with Crippen LogP contribution in [0.2, 0.25) is 10.0 Å². The summed E-state index contributed by atoms with van der Waals surface area (Å²) in [5, 5.41) is 30.4. The second-order valence-corrected chi connectivity index (χ2v) is 17.8. The molecule has 2 aliphatic heterocycles. The highest BCUT2D eigenvalue weighted by Gasteiger charge is 2.77. The number of fused-ring (bicyclic) bond motifs is 3. The Morgan fingerprint density at radius 1 is 0.855 bits per heavy atom. The van der Waals surface area contributed by atoms with Gasteiger partial charge in [0.25, 0.3) is 0 Å². The highest BCUT2D eigenvalue weighted by molar-refractivity contribution is 6.31. The van der Waals surface area contributed by atoms with Crippen molar-refractivity contribution in [3.63, 3.8) is 0 Å². The van der Waals surface area contributed by atoms with Gasteiger partial charge >= 0.3 is 0 Å². The molecule has 0 radical (unpaired) electrons. The molecule has 10 heteroatoms. The number of nitrogens with zero attached hydrogens (tertiary/aromatic N) is 1. The van der Waals surface area contributed by atoms with E-state index < -0.39 is 47.0 Å². The molecule has 4 aliphatic rings. The van der Waals surface area contributed by atoms with Crippen molar-refractivity contribution in [2.75, 3.05) is 5.32 Å². The van der Waals surface area contributed by atoms with Crippen LogP contribution in [0.4, 0.5) is 10.1 Å². The van der Waals surface area contributed by atoms with Gasteiger partial charge in [0.2, 0.25) is 11.8 Å². The van der Waals surface area contributed by atoms with Crippen LogP contribution < -0.4 is 10.6 Å². The maximum absolute atomic E-state index is 15.8. The predicted molar refractivity (Wildman–Crippen MR) is 214 cm³/mol. The fourth-order valence-electron chi connectivity index (χ4n) is 10.6. The third-order valence-electron chi connectivity index (χ3n) is 13.2. The molecule has 0 bridgehead atoms. The zero-order valence-corrected chi connectivity index (χ0v) is 32.7. The van der Waals surface area contributed by atoms with Crippen LogP contribution in [-0.4, -0.2) is 50.7 Å². The van der Waals surface area contributed by atoms with Crippen LogP contribution >= 0.6 is 23.2 Å². The van der Waals surface area contributed by atoms with Gasteiger partial charge in [0.1, 0.15) is 11.2 Å². The number of carbonyl (C=O) groups is 2. The molecular formula is C45H48Cl2FN3O4. The van der Waals surface area contributed by atoms with Crippen molar-refractivity contribution >= 4 is 40.7 Å². The lowest BCUT2D eigenvalue weighted by Crippen LogP contribution is -2.64. The SMILES string of the molecule is CC1(C)CCC2(CC1)N([C@H](c1ccccc1)[C@@H](O)c1ccccc1)[C@@H](C(=O)N[C@H]1CC[C@H](O)CC1)[C@H](c1cc(F)cc(Cl)c1)C21C(=O)Nc2cc(Cl)ccc21. The Hall–Kier alpha value is -3.79. The van der Waals surface area contributed by atoms with E-state index in [1.54, 1.807) is 18.2 Å². The first-order valence-corrected chi connectivity index (χ1v) is 20.2. The number of rotatable bonds is 7. The van der Waals surface area contributed by atoms with Gasteiger partial charge in [-0.15, -0.1) is 0 Å².